The Balaban J connectivity index is 1.83. The van der Waals surface area contributed by atoms with E-state index < -0.39 is 5.91 Å². The summed E-state index contributed by atoms with van der Waals surface area (Å²) >= 11 is 0. The number of aromatic hydroxyl groups is 2. The molecule has 0 radical (unpaired) electrons. The number of ether oxygens (including phenoxy) is 1. The monoisotopic (exact) mass is 344 g/mol. The molecule has 7 nitrogen and oxygen atoms in total. The zero-order chi connectivity index (χ0) is 18.4. The molecule has 0 aliphatic rings. The largest absolute Gasteiger partial charge is 0.508 e. The Morgan fingerprint density at radius 3 is 2.48 bits per heavy atom. The van der Waals surface area contributed by atoms with Crippen LogP contribution >= 0.6 is 0 Å². The van der Waals surface area contributed by atoms with Crippen LogP contribution in [0.2, 0.25) is 0 Å². The normalized spacial score (nSPS) is 11.7. The highest BCUT2D eigenvalue weighted by atomic mass is 16.5. The Labute approximate surface area is 145 Å². The molecule has 7 heteroatoms. The molecule has 1 atom stereocenters. The summed E-state index contributed by atoms with van der Waals surface area (Å²) in [6.07, 6.45) is 0. The van der Waals surface area contributed by atoms with Gasteiger partial charge in [-0.05, 0) is 49.4 Å². The van der Waals surface area contributed by atoms with E-state index in [0.717, 1.165) is 0 Å². The summed E-state index contributed by atoms with van der Waals surface area (Å²) in [5.74, 6) is -0.549. The molecule has 0 aliphatic carbocycles. The molecule has 0 bridgehead atoms. The Hall–Kier alpha value is -3.06. The van der Waals surface area contributed by atoms with Crippen molar-refractivity contribution in [2.75, 3.05) is 13.2 Å². The summed E-state index contributed by atoms with van der Waals surface area (Å²) < 4.78 is 5.54. The summed E-state index contributed by atoms with van der Waals surface area (Å²) in [5, 5.41) is 21.8. The molecule has 0 aromatic heterocycles. The lowest BCUT2D eigenvalue weighted by molar-refractivity contribution is 0.0979. The number of amides is 1. The maximum Gasteiger partial charge on any atom is 0.252 e. The first-order valence-electron chi connectivity index (χ1n) is 7.68. The van der Waals surface area contributed by atoms with Crippen molar-refractivity contribution in [3.8, 4) is 17.2 Å². The Bertz CT molecular complexity index is 759. The second-order valence-electron chi connectivity index (χ2n) is 5.61. The lowest BCUT2D eigenvalue weighted by Crippen LogP contribution is -2.35. The molecule has 0 heterocycles. The van der Waals surface area contributed by atoms with Crippen molar-refractivity contribution in [3.63, 3.8) is 0 Å². The average molecular weight is 344 g/mol. The lowest BCUT2D eigenvalue weighted by Gasteiger charge is -2.15. The third kappa shape index (κ3) is 5.22. The van der Waals surface area contributed by atoms with Gasteiger partial charge in [-0.15, -0.1) is 0 Å². The number of hydrogen-bond donors (Lipinski definition) is 4. The second-order valence-corrected chi connectivity index (χ2v) is 5.61. The molecule has 25 heavy (non-hydrogen) atoms. The van der Waals surface area contributed by atoms with Crippen molar-refractivity contribution in [2.45, 2.75) is 13.0 Å². The van der Waals surface area contributed by atoms with Gasteiger partial charge in [0.05, 0.1) is 12.1 Å². The zero-order valence-corrected chi connectivity index (χ0v) is 13.7. The van der Waals surface area contributed by atoms with Crippen LogP contribution in [0.1, 0.15) is 27.6 Å². The SMILES string of the molecule is CC(COc1ccc(O)c(C(N)=O)c1)NCC(=O)c1ccc(O)cc1. The van der Waals surface area contributed by atoms with Crippen molar-refractivity contribution in [1.82, 2.24) is 5.32 Å². The van der Waals surface area contributed by atoms with Crippen LogP contribution in [0, 0.1) is 0 Å². The fraction of sp³-hybridized carbons (Fsp3) is 0.222. The smallest absolute Gasteiger partial charge is 0.252 e. The number of rotatable bonds is 8. The fourth-order valence-electron chi connectivity index (χ4n) is 2.10. The zero-order valence-electron chi connectivity index (χ0n) is 13.7. The maximum atomic E-state index is 12.0. The predicted molar refractivity (Wildman–Crippen MR) is 92.0 cm³/mol. The number of Topliss-reactive ketones (excluding diaryl/α,β-unsaturated/α-hetero) is 1. The van der Waals surface area contributed by atoms with Crippen LogP contribution in [-0.2, 0) is 0 Å². The van der Waals surface area contributed by atoms with Crippen LogP contribution in [0.5, 0.6) is 17.2 Å². The molecule has 0 fully saturated rings. The van der Waals surface area contributed by atoms with E-state index in [9.17, 15) is 19.8 Å². The summed E-state index contributed by atoms with van der Waals surface area (Å²) in [5.41, 5.74) is 5.65. The van der Waals surface area contributed by atoms with Crippen molar-refractivity contribution in [3.05, 3.63) is 53.6 Å². The highest BCUT2D eigenvalue weighted by Crippen LogP contribution is 2.22. The number of carbonyl (C=O) groups is 2. The van der Waals surface area contributed by atoms with Gasteiger partial charge in [0.15, 0.2) is 5.78 Å². The van der Waals surface area contributed by atoms with Gasteiger partial charge in [0.2, 0.25) is 0 Å². The minimum absolute atomic E-state index is 0.0133. The Morgan fingerprint density at radius 1 is 1.16 bits per heavy atom. The summed E-state index contributed by atoms with van der Waals surface area (Å²) in [6.45, 7) is 2.22. The van der Waals surface area contributed by atoms with Gasteiger partial charge < -0.3 is 26.0 Å². The van der Waals surface area contributed by atoms with Crippen molar-refractivity contribution >= 4 is 11.7 Å². The van der Waals surface area contributed by atoms with Crippen LogP contribution in [0.25, 0.3) is 0 Å². The number of phenolic OH excluding ortho intramolecular Hbond substituents is 1. The Morgan fingerprint density at radius 2 is 1.84 bits per heavy atom. The summed E-state index contributed by atoms with van der Waals surface area (Å²) in [7, 11) is 0. The van der Waals surface area contributed by atoms with E-state index in [2.05, 4.69) is 5.32 Å². The molecule has 2 aromatic rings. The van der Waals surface area contributed by atoms with Crippen LogP contribution in [0.15, 0.2) is 42.5 Å². The number of benzene rings is 2. The molecule has 5 N–H and O–H groups in total. The fourth-order valence-corrected chi connectivity index (χ4v) is 2.10. The molecule has 132 valence electrons. The standard InChI is InChI=1S/C18H20N2O5/c1-11(20-9-17(23)12-2-4-13(21)5-3-12)10-25-14-6-7-16(22)15(8-14)18(19)24/h2-8,11,20-22H,9-10H2,1H3,(H2,19,24). The number of carbonyl (C=O) groups excluding carboxylic acids is 2. The highest BCUT2D eigenvalue weighted by molar-refractivity contribution is 5.97. The van der Waals surface area contributed by atoms with E-state index in [1.807, 2.05) is 6.92 Å². The first-order valence-corrected chi connectivity index (χ1v) is 7.68. The van der Waals surface area contributed by atoms with Crippen LogP contribution in [0.3, 0.4) is 0 Å². The van der Waals surface area contributed by atoms with Gasteiger partial charge in [-0.25, -0.2) is 0 Å². The lowest BCUT2D eigenvalue weighted by atomic mass is 10.1. The van der Waals surface area contributed by atoms with Crippen LogP contribution < -0.4 is 15.8 Å². The summed E-state index contributed by atoms with van der Waals surface area (Å²) in [4.78, 5) is 23.2. The molecule has 0 spiro atoms. The first kappa shape index (κ1) is 18.3. The molecule has 2 aromatic carbocycles. The van der Waals surface area contributed by atoms with Crippen molar-refractivity contribution in [2.24, 2.45) is 5.73 Å². The van der Waals surface area contributed by atoms with E-state index in [0.29, 0.717) is 11.3 Å². The molecule has 0 saturated heterocycles. The van der Waals surface area contributed by atoms with Crippen LogP contribution in [0.4, 0.5) is 0 Å². The predicted octanol–water partition coefficient (Wildman–Crippen LogP) is 1.44. The van der Waals surface area contributed by atoms with Gasteiger partial charge >= 0.3 is 0 Å². The van der Waals surface area contributed by atoms with E-state index in [4.69, 9.17) is 10.5 Å². The number of phenols is 2. The molecular weight excluding hydrogens is 324 g/mol. The quantitative estimate of drug-likeness (QED) is 0.538. The molecule has 1 unspecified atom stereocenters. The third-order valence-electron chi connectivity index (χ3n) is 3.53. The van der Waals surface area contributed by atoms with E-state index >= 15 is 0 Å². The minimum atomic E-state index is -0.742. The number of ketones is 1. The number of nitrogens with two attached hydrogens (primary N) is 1. The number of primary amides is 1. The van der Waals surface area contributed by atoms with Gasteiger partial charge in [-0.3, -0.25) is 9.59 Å². The molecule has 0 aliphatic heterocycles. The van der Waals surface area contributed by atoms with Crippen molar-refractivity contribution < 1.29 is 24.5 Å². The average Bonchev–Trinajstić information content (AvgIpc) is 2.59. The minimum Gasteiger partial charge on any atom is -0.508 e. The van der Waals surface area contributed by atoms with Gasteiger partial charge in [0.1, 0.15) is 23.9 Å². The van der Waals surface area contributed by atoms with Crippen molar-refractivity contribution in [1.29, 1.82) is 0 Å². The third-order valence-corrected chi connectivity index (χ3v) is 3.53. The molecule has 0 saturated carbocycles. The summed E-state index contributed by atoms with van der Waals surface area (Å²) in [6, 6.07) is 10.1. The van der Waals surface area contributed by atoms with E-state index in [1.165, 1.54) is 30.3 Å². The van der Waals surface area contributed by atoms with Crippen LogP contribution in [-0.4, -0.2) is 41.1 Å². The molecule has 1 amide bonds. The molecule has 2 rings (SSSR count). The highest BCUT2D eigenvalue weighted by Gasteiger charge is 2.11. The number of nitrogens with one attached hydrogen (secondary N) is 1. The van der Waals surface area contributed by atoms with Gasteiger partial charge in [0, 0.05) is 11.6 Å². The van der Waals surface area contributed by atoms with Gasteiger partial charge in [0.25, 0.3) is 5.91 Å². The van der Waals surface area contributed by atoms with E-state index in [-0.39, 0.29) is 42.0 Å². The van der Waals surface area contributed by atoms with E-state index in [1.54, 1.807) is 12.1 Å². The van der Waals surface area contributed by atoms with Gasteiger partial charge in [-0.1, -0.05) is 0 Å². The Kier molecular flexibility index (Phi) is 5.97. The molecular formula is C18H20N2O5. The first-order chi connectivity index (χ1) is 11.9. The second kappa shape index (κ2) is 8.16. The maximum absolute atomic E-state index is 12.0. The van der Waals surface area contributed by atoms with Gasteiger partial charge in [-0.2, -0.15) is 0 Å². The number of hydrogen-bond acceptors (Lipinski definition) is 6. The topological polar surface area (TPSA) is 122 Å².